The fourth-order valence-corrected chi connectivity index (χ4v) is 4.27. The zero-order chi connectivity index (χ0) is 21.8. The maximum Gasteiger partial charge on any atom is 0.218 e. The minimum Gasteiger partial charge on any atom is -0.481 e. The Kier molecular flexibility index (Phi) is 6.88. The fourth-order valence-electron chi connectivity index (χ4n) is 3.95. The first-order valence-electron chi connectivity index (χ1n) is 10.5. The lowest BCUT2D eigenvalue weighted by atomic mass is 9.97. The van der Waals surface area contributed by atoms with Crippen LogP contribution in [0.15, 0.2) is 54.6 Å². The van der Waals surface area contributed by atoms with E-state index in [1.807, 2.05) is 42.5 Å². The molecule has 0 amide bonds. The Balaban J connectivity index is 1.61. The summed E-state index contributed by atoms with van der Waals surface area (Å²) in [6.07, 6.45) is 0.269. The van der Waals surface area contributed by atoms with Crippen molar-refractivity contribution in [1.29, 1.82) is 0 Å². The van der Waals surface area contributed by atoms with Crippen molar-refractivity contribution in [1.82, 2.24) is 10.3 Å². The number of nitrogens with zero attached hydrogens (tertiary/aromatic N) is 1. The SMILES string of the molecule is COc1nc(-c2cccc(-c3ccccc3C)c2Cl)ccc1CN[C@@H]1CCOC[C@H]1O. The number of methoxy groups -OCH3 is 1. The summed E-state index contributed by atoms with van der Waals surface area (Å²) in [5.41, 5.74) is 5.81. The van der Waals surface area contributed by atoms with Crippen LogP contribution in [0.3, 0.4) is 0 Å². The third kappa shape index (κ3) is 4.75. The molecule has 2 N–H and O–H groups in total. The van der Waals surface area contributed by atoms with Gasteiger partial charge >= 0.3 is 0 Å². The van der Waals surface area contributed by atoms with Crippen LogP contribution in [0, 0.1) is 6.92 Å². The largest absolute Gasteiger partial charge is 0.481 e. The molecule has 2 aromatic carbocycles. The van der Waals surface area contributed by atoms with E-state index in [1.54, 1.807) is 7.11 Å². The molecule has 2 atom stereocenters. The number of aliphatic hydroxyl groups is 1. The quantitative estimate of drug-likeness (QED) is 0.587. The van der Waals surface area contributed by atoms with E-state index in [2.05, 4.69) is 24.4 Å². The second-order valence-corrected chi connectivity index (χ2v) is 8.14. The smallest absolute Gasteiger partial charge is 0.218 e. The number of halogens is 1. The Bertz CT molecular complexity index is 1060. The van der Waals surface area contributed by atoms with Crippen molar-refractivity contribution in [3.05, 3.63) is 70.7 Å². The summed E-state index contributed by atoms with van der Waals surface area (Å²) in [7, 11) is 1.62. The highest BCUT2D eigenvalue weighted by Gasteiger charge is 2.23. The van der Waals surface area contributed by atoms with Gasteiger partial charge in [-0.15, -0.1) is 0 Å². The number of pyridine rings is 1. The third-order valence-electron chi connectivity index (χ3n) is 5.72. The molecule has 31 heavy (non-hydrogen) atoms. The Morgan fingerprint density at radius 3 is 2.65 bits per heavy atom. The van der Waals surface area contributed by atoms with Crippen LogP contribution >= 0.6 is 11.6 Å². The summed E-state index contributed by atoms with van der Waals surface area (Å²) in [5, 5.41) is 14.1. The number of aryl methyl sites for hydroxylation is 1. The first-order valence-corrected chi connectivity index (χ1v) is 10.8. The van der Waals surface area contributed by atoms with Crippen LogP contribution < -0.4 is 10.1 Å². The summed E-state index contributed by atoms with van der Waals surface area (Å²) in [4.78, 5) is 4.73. The second-order valence-electron chi connectivity index (χ2n) is 7.77. The highest BCUT2D eigenvalue weighted by atomic mass is 35.5. The Hall–Kier alpha value is -2.44. The van der Waals surface area contributed by atoms with Crippen LogP contribution in [0.2, 0.25) is 5.02 Å². The van der Waals surface area contributed by atoms with Gasteiger partial charge in [0.1, 0.15) is 0 Å². The zero-order valence-electron chi connectivity index (χ0n) is 17.8. The van der Waals surface area contributed by atoms with Crippen molar-refractivity contribution in [2.24, 2.45) is 0 Å². The topological polar surface area (TPSA) is 63.6 Å². The number of aromatic nitrogens is 1. The standard InChI is InChI=1S/C25H27ClN2O3/c1-16-6-3-4-7-18(16)19-8-5-9-20(24(19)26)21-11-10-17(25(28-21)30-2)14-27-22-12-13-31-15-23(22)29/h3-11,22-23,27,29H,12-15H2,1-2H3/t22-,23-/m1/s1. The average molecular weight is 439 g/mol. The monoisotopic (exact) mass is 438 g/mol. The number of hydrogen-bond acceptors (Lipinski definition) is 5. The molecule has 1 saturated heterocycles. The van der Waals surface area contributed by atoms with Crippen LogP contribution in [-0.2, 0) is 11.3 Å². The molecule has 0 bridgehead atoms. The molecule has 162 valence electrons. The van der Waals surface area contributed by atoms with Crippen LogP contribution in [0.1, 0.15) is 17.5 Å². The van der Waals surface area contributed by atoms with Gasteiger partial charge in [0.05, 0.1) is 30.5 Å². The van der Waals surface area contributed by atoms with Gasteiger partial charge < -0.3 is 19.9 Å². The van der Waals surface area contributed by atoms with E-state index in [9.17, 15) is 5.11 Å². The molecule has 5 nitrogen and oxygen atoms in total. The van der Waals surface area contributed by atoms with E-state index in [0.29, 0.717) is 30.7 Å². The molecule has 1 fully saturated rings. The summed E-state index contributed by atoms with van der Waals surface area (Å²) in [6, 6.07) is 18.2. The predicted molar refractivity (Wildman–Crippen MR) is 123 cm³/mol. The summed E-state index contributed by atoms with van der Waals surface area (Å²) in [6.45, 7) is 3.65. The van der Waals surface area contributed by atoms with E-state index in [0.717, 1.165) is 34.4 Å². The van der Waals surface area contributed by atoms with Crippen molar-refractivity contribution < 1.29 is 14.6 Å². The molecular formula is C25H27ClN2O3. The molecule has 0 spiro atoms. The normalized spacial score (nSPS) is 18.7. The molecular weight excluding hydrogens is 412 g/mol. The van der Waals surface area contributed by atoms with Gasteiger partial charge in [0.15, 0.2) is 0 Å². The first-order chi connectivity index (χ1) is 15.1. The van der Waals surface area contributed by atoms with Crippen molar-refractivity contribution >= 4 is 11.6 Å². The van der Waals surface area contributed by atoms with Crippen molar-refractivity contribution in [2.75, 3.05) is 20.3 Å². The lowest BCUT2D eigenvalue weighted by Gasteiger charge is -2.28. The molecule has 4 rings (SSSR count). The van der Waals surface area contributed by atoms with E-state index < -0.39 is 6.10 Å². The minimum absolute atomic E-state index is 0.00151. The van der Waals surface area contributed by atoms with Crippen LogP contribution in [0.25, 0.3) is 22.4 Å². The third-order valence-corrected chi connectivity index (χ3v) is 6.13. The molecule has 6 heteroatoms. The zero-order valence-corrected chi connectivity index (χ0v) is 18.5. The predicted octanol–water partition coefficient (Wildman–Crippen LogP) is 4.63. The van der Waals surface area contributed by atoms with Crippen molar-refractivity contribution in [3.8, 4) is 28.3 Å². The highest BCUT2D eigenvalue weighted by molar-refractivity contribution is 6.36. The molecule has 1 aliphatic heterocycles. The lowest BCUT2D eigenvalue weighted by molar-refractivity contribution is -0.0281. The average Bonchev–Trinajstić information content (AvgIpc) is 2.79. The Morgan fingerprint density at radius 2 is 1.87 bits per heavy atom. The Labute approximate surface area is 188 Å². The maximum atomic E-state index is 10.1. The van der Waals surface area contributed by atoms with Gasteiger partial charge in [-0.05, 0) is 30.5 Å². The molecule has 0 radical (unpaired) electrons. The fraction of sp³-hybridized carbons (Fsp3) is 0.320. The van der Waals surface area contributed by atoms with E-state index in [4.69, 9.17) is 26.1 Å². The minimum atomic E-state index is -0.505. The van der Waals surface area contributed by atoms with Gasteiger partial charge in [0.25, 0.3) is 0 Å². The van der Waals surface area contributed by atoms with Gasteiger partial charge in [-0.25, -0.2) is 4.98 Å². The number of ether oxygens (including phenoxy) is 2. The lowest BCUT2D eigenvalue weighted by Crippen LogP contribution is -2.46. The number of hydrogen-bond donors (Lipinski definition) is 2. The van der Waals surface area contributed by atoms with Crippen LogP contribution in [0.5, 0.6) is 5.88 Å². The molecule has 0 unspecified atom stereocenters. The number of aliphatic hydroxyl groups excluding tert-OH is 1. The molecule has 0 aliphatic carbocycles. The van der Waals surface area contributed by atoms with Crippen LogP contribution in [0.4, 0.5) is 0 Å². The van der Waals surface area contributed by atoms with Crippen LogP contribution in [-0.4, -0.2) is 42.6 Å². The molecule has 3 aromatic rings. The van der Waals surface area contributed by atoms with E-state index in [-0.39, 0.29) is 6.04 Å². The molecule has 1 aromatic heterocycles. The van der Waals surface area contributed by atoms with E-state index in [1.165, 1.54) is 5.56 Å². The van der Waals surface area contributed by atoms with Gasteiger partial charge in [-0.2, -0.15) is 0 Å². The molecule has 2 heterocycles. The van der Waals surface area contributed by atoms with Gasteiger partial charge in [0.2, 0.25) is 5.88 Å². The Morgan fingerprint density at radius 1 is 1.10 bits per heavy atom. The first kappa shape index (κ1) is 21.8. The molecule has 0 saturated carbocycles. The number of benzene rings is 2. The molecule has 1 aliphatic rings. The maximum absolute atomic E-state index is 10.1. The summed E-state index contributed by atoms with van der Waals surface area (Å²) < 4.78 is 10.9. The van der Waals surface area contributed by atoms with Crippen molar-refractivity contribution in [3.63, 3.8) is 0 Å². The number of rotatable bonds is 6. The van der Waals surface area contributed by atoms with Gasteiger partial charge in [-0.1, -0.05) is 60.1 Å². The number of nitrogens with one attached hydrogen (secondary N) is 1. The highest BCUT2D eigenvalue weighted by Crippen LogP contribution is 2.37. The van der Waals surface area contributed by atoms with Gasteiger partial charge in [0, 0.05) is 35.9 Å². The van der Waals surface area contributed by atoms with Crippen molar-refractivity contribution in [2.45, 2.75) is 32.0 Å². The summed E-state index contributed by atoms with van der Waals surface area (Å²) in [5.74, 6) is 0.545. The summed E-state index contributed by atoms with van der Waals surface area (Å²) >= 11 is 6.83. The van der Waals surface area contributed by atoms with Gasteiger partial charge in [-0.3, -0.25) is 0 Å². The van der Waals surface area contributed by atoms with E-state index >= 15 is 0 Å². The second kappa shape index (κ2) is 9.79.